The van der Waals surface area contributed by atoms with E-state index in [1.54, 1.807) is 18.2 Å². The van der Waals surface area contributed by atoms with E-state index in [4.69, 9.17) is 10.5 Å². The Kier molecular flexibility index (Phi) is 7.89. The number of aryl methyl sites for hydroxylation is 1. The molecule has 0 spiro atoms. The molecule has 3 N–H and O–H groups in total. The Morgan fingerprint density at radius 1 is 1.06 bits per heavy atom. The lowest BCUT2D eigenvalue weighted by Gasteiger charge is -2.36. The Hall–Kier alpha value is -3.06. The number of piperazine rings is 1. The number of anilines is 2. The van der Waals surface area contributed by atoms with Crippen molar-refractivity contribution in [1.29, 1.82) is 0 Å². The van der Waals surface area contributed by atoms with Crippen molar-refractivity contribution >= 4 is 23.2 Å². The molecular weight excluding hydrogens is 392 g/mol. The topological polar surface area (TPSA) is 87.9 Å². The van der Waals surface area contributed by atoms with Crippen LogP contribution in [-0.4, -0.2) is 56.5 Å². The molecule has 2 aromatic carbocycles. The minimum atomic E-state index is -0.689. The average molecular weight is 425 g/mol. The maximum atomic E-state index is 12.6. The molecule has 166 valence electrons. The van der Waals surface area contributed by atoms with Crippen LogP contribution in [0.25, 0.3) is 0 Å². The van der Waals surface area contributed by atoms with Gasteiger partial charge in [-0.2, -0.15) is 0 Å². The summed E-state index contributed by atoms with van der Waals surface area (Å²) in [7, 11) is 1.50. The molecule has 1 saturated heterocycles. The number of hydrogen-bond acceptors (Lipinski definition) is 5. The highest BCUT2D eigenvalue weighted by atomic mass is 16.5. The summed E-state index contributed by atoms with van der Waals surface area (Å²) in [4.78, 5) is 28.6. The van der Waals surface area contributed by atoms with Crippen molar-refractivity contribution in [3.8, 4) is 5.75 Å². The number of Topliss-reactive ketones (excluding diaryl/α,β-unsaturated/α-hetero) is 1. The molecule has 0 saturated carbocycles. The van der Waals surface area contributed by atoms with Gasteiger partial charge in [-0.1, -0.05) is 18.2 Å². The Balaban J connectivity index is 1.42. The van der Waals surface area contributed by atoms with Crippen LogP contribution in [0.4, 0.5) is 16.2 Å². The van der Waals surface area contributed by atoms with Crippen LogP contribution in [0.1, 0.15) is 35.2 Å². The second-order valence-corrected chi connectivity index (χ2v) is 7.90. The van der Waals surface area contributed by atoms with Crippen LogP contribution in [0, 0.1) is 6.92 Å². The first-order chi connectivity index (χ1) is 15.0. The number of ether oxygens (including phenoxy) is 1. The van der Waals surface area contributed by atoms with Crippen molar-refractivity contribution in [2.75, 3.05) is 50.1 Å². The highest BCUT2D eigenvalue weighted by Gasteiger charge is 2.18. The smallest absolute Gasteiger partial charge is 0.316 e. The van der Waals surface area contributed by atoms with Gasteiger partial charge in [-0.15, -0.1) is 0 Å². The van der Waals surface area contributed by atoms with Gasteiger partial charge in [-0.05, 0) is 56.1 Å². The molecule has 2 aromatic rings. The molecule has 1 aliphatic heterocycles. The number of nitrogens with zero attached hydrogens (tertiary/aromatic N) is 2. The lowest BCUT2D eigenvalue weighted by Crippen LogP contribution is -2.46. The molecule has 3 rings (SSSR count). The maximum Gasteiger partial charge on any atom is 0.316 e. The molecule has 2 amide bonds. The lowest BCUT2D eigenvalue weighted by molar-refractivity contribution is 0.0977. The van der Waals surface area contributed by atoms with E-state index in [0.29, 0.717) is 23.4 Å². The molecule has 1 fully saturated rings. The number of hydrogen-bond donors (Lipinski definition) is 2. The molecular formula is C24H32N4O3. The van der Waals surface area contributed by atoms with Crippen molar-refractivity contribution < 1.29 is 14.3 Å². The van der Waals surface area contributed by atoms with E-state index in [-0.39, 0.29) is 5.78 Å². The fraction of sp³-hybridized carbons (Fsp3) is 0.417. The molecule has 0 atom stereocenters. The number of para-hydroxylation sites is 1. The summed E-state index contributed by atoms with van der Waals surface area (Å²) in [6.07, 6.45) is 2.30. The van der Waals surface area contributed by atoms with Crippen molar-refractivity contribution in [2.45, 2.75) is 26.2 Å². The zero-order valence-electron chi connectivity index (χ0n) is 18.4. The van der Waals surface area contributed by atoms with Gasteiger partial charge in [-0.25, -0.2) is 4.79 Å². The third kappa shape index (κ3) is 6.21. The van der Waals surface area contributed by atoms with E-state index in [1.807, 2.05) is 0 Å². The van der Waals surface area contributed by atoms with E-state index in [2.05, 4.69) is 46.3 Å². The third-order valence-electron chi connectivity index (χ3n) is 5.74. The number of nitrogens with two attached hydrogens (primary N) is 1. The number of rotatable bonds is 9. The predicted octanol–water partition coefficient (Wildman–Crippen LogP) is 3.67. The normalized spacial score (nSPS) is 14.3. The highest BCUT2D eigenvalue weighted by molar-refractivity contribution is 5.99. The van der Waals surface area contributed by atoms with Gasteiger partial charge in [0, 0.05) is 43.9 Å². The summed E-state index contributed by atoms with van der Waals surface area (Å²) in [5.41, 5.74) is 8.81. The molecule has 0 aliphatic carbocycles. The number of urea groups is 1. The molecule has 7 heteroatoms. The molecule has 0 unspecified atom stereocenters. The van der Waals surface area contributed by atoms with Crippen LogP contribution in [0.5, 0.6) is 5.75 Å². The second-order valence-electron chi connectivity index (χ2n) is 7.90. The summed E-state index contributed by atoms with van der Waals surface area (Å²) >= 11 is 0. The molecule has 31 heavy (non-hydrogen) atoms. The number of methoxy groups -OCH3 is 1. The fourth-order valence-electron chi connectivity index (χ4n) is 4.01. The first-order valence-electron chi connectivity index (χ1n) is 10.8. The summed E-state index contributed by atoms with van der Waals surface area (Å²) in [5.74, 6) is 0.528. The van der Waals surface area contributed by atoms with Crippen molar-refractivity contribution in [1.82, 2.24) is 4.90 Å². The number of unbranched alkanes of at least 4 members (excludes halogenated alkanes) is 1. The standard InChI is InChI=1S/C24H32N4O3/c1-18-7-3-4-8-21(18)28-15-13-27(14-16-28)12-6-5-9-22(29)19-10-11-23(31-2)20(17-19)26-24(25)30/h3-4,7-8,10-11,17H,5-6,9,12-16H2,1-2H3,(H3,25,26,30). The van der Waals surface area contributed by atoms with Crippen LogP contribution in [-0.2, 0) is 0 Å². The van der Waals surface area contributed by atoms with Crippen molar-refractivity contribution in [3.63, 3.8) is 0 Å². The number of carbonyl (C=O) groups is 2. The number of nitrogens with one attached hydrogen (secondary N) is 1. The Morgan fingerprint density at radius 2 is 1.81 bits per heavy atom. The largest absolute Gasteiger partial charge is 0.495 e. The number of benzene rings is 2. The van der Waals surface area contributed by atoms with Crippen LogP contribution in [0.15, 0.2) is 42.5 Å². The van der Waals surface area contributed by atoms with Crippen LogP contribution < -0.4 is 20.7 Å². The fourth-order valence-corrected chi connectivity index (χ4v) is 4.01. The third-order valence-corrected chi connectivity index (χ3v) is 5.74. The summed E-state index contributed by atoms with van der Waals surface area (Å²) in [6.45, 7) is 7.32. The van der Waals surface area contributed by atoms with E-state index in [1.165, 1.54) is 18.4 Å². The van der Waals surface area contributed by atoms with E-state index >= 15 is 0 Å². The molecule has 0 bridgehead atoms. The van der Waals surface area contributed by atoms with E-state index < -0.39 is 6.03 Å². The van der Waals surface area contributed by atoms with Gasteiger partial charge < -0.3 is 20.7 Å². The van der Waals surface area contributed by atoms with Gasteiger partial charge in [0.05, 0.1) is 12.8 Å². The van der Waals surface area contributed by atoms with Gasteiger partial charge in [0.1, 0.15) is 5.75 Å². The van der Waals surface area contributed by atoms with Crippen LogP contribution >= 0.6 is 0 Å². The number of carbonyl (C=O) groups excluding carboxylic acids is 2. The number of ketones is 1. The first-order valence-corrected chi connectivity index (χ1v) is 10.8. The SMILES string of the molecule is COc1ccc(C(=O)CCCCN2CCN(c3ccccc3C)CC2)cc1NC(N)=O. The summed E-state index contributed by atoms with van der Waals surface area (Å²) < 4.78 is 5.20. The average Bonchev–Trinajstić information content (AvgIpc) is 2.77. The number of amides is 2. The van der Waals surface area contributed by atoms with Gasteiger partial charge in [0.15, 0.2) is 5.78 Å². The summed E-state index contributed by atoms with van der Waals surface area (Å²) in [6, 6.07) is 12.9. The number of primary amides is 1. The van der Waals surface area contributed by atoms with Gasteiger partial charge in [0.25, 0.3) is 0 Å². The minimum Gasteiger partial charge on any atom is -0.495 e. The molecule has 1 heterocycles. The Bertz CT molecular complexity index is 907. The van der Waals surface area contributed by atoms with Crippen LogP contribution in [0.2, 0.25) is 0 Å². The highest BCUT2D eigenvalue weighted by Crippen LogP contribution is 2.26. The lowest BCUT2D eigenvalue weighted by atomic mass is 10.0. The molecule has 7 nitrogen and oxygen atoms in total. The molecule has 1 aliphatic rings. The molecule has 0 radical (unpaired) electrons. The monoisotopic (exact) mass is 424 g/mol. The Morgan fingerprint density at radius 3 is 2.48 bits per heavy atom. The van der Waals surface area contributed by atoms with Gasteiger partial charge >= 0.3 is 6.03 Å². The van der Waals surface area contributed by atoms with Crippen molar-refractivity contribution in [3.05, 3.63) is 53.6 Å². The second kappa shape index (κ2) is 10.8. The van der Waals surface area contributed by atoms with Crippen LogP contribution in [0.3, 0.4) is 0 Å². The van der Waals surface area contributed by atoms with E-state index in [9.17, 15) is 9.59 Å². The van der Waals surface area contributed by atoms with E-state index in [0.717, 1.165) is 45.6 Å². The van der Waals surface area contributed by atoms with Gasteiger partial charge in [0.2, 0.25) is 0 Å². The zero-order valence-corrected chi connectivity index (χ0v) is 18.4. The molecule has 0 aromatic heterocycles. The maximum absolute atomic E-state index is 12.6. The van der Waals surface area contributed by atoms with Gasteiger partial charge in [-0.3, -0.25) is 9.69 Å². The zero-order chi connectivity index (χ0) is 22.2. The first kappa shape index (κ1) is 22.6. The Labute approximate surface area is 184 Å². The summed E-state index contributed by atoms with van der Waals surface area (Å²) in [5, 5.41) is 2.50. The van der Waals surface area contributed by atoms with Crippen molar-refractivity contribution in [2.24, 2.45) is 5.73 Å². The minimum absolute atomic E-state index is 0.0551. The predicted molar refractivity (Wildman–Crippen MR) is 124 cm³/mol. The quantitative estimate of drug-likeness (QED) is 0.474.